The fourth-order valence-corrected chi connectivity index (χ4v) is 1.44. The molecular formula is C10H23NaO5S. The van der Waals surface area contributed by atoms with Gasteiger partial charge in [0.25, 0.3) is 10.1 Å². The van der Waals surface area contributed by atoms with Gasteiger partial charge in [-0.3, -0.25) is 0 Å². The van der Waals surface area contributed by atoms with E-state index >= 15 is 0 Å². The summed E-state index contributed by atoms with van der Waals surface area (Å²) in [5.41, 5.74) is 0. The summed E-state index contributed by atoms with van der Waals surface area (Å²) in [6, 6.07) is 0. The molecule has 0 fully saturated rings. The summed E-state index contributed by atoms with van der Waals surface area (Å²) in [7, 11) is -3.61. The second-order valence-corrected chi connectivity index (χ2v) is 4.87. The summed E-state index contributed by atoms with van der Waals surface area (Å²) in [6.07, 6.45) is 6.68. The van der Waals surface area contributed by atoms with Gasteiger partial charge in [0, 0.05) is 6.61 Å². The summed E-state index contributed by atoms with van der Waals surface area (Å²) in [6.45, 7) is 5.60. The molecule has 7 heteroatoms. The monoisotopic (exact) mass is 278 g/mol. The van der Waals surface area contributed by atoms with Crippen LogP contribution in [0.1, 0.15) is 39.0 Å². The Bertz CT molecular complexity index is 241. The summed E-state index contributed by atoms with van der Waals surface area (Å²) < 4.78 is 23.4. The molecular weight excluding hydrogens is 255 g/mol. The molecule has 0 spiro atoms. The zero-order valence-corrected chi connectivity index (χ0v) is 10.6. The zero-order chi connectivity index (χ0) is 12.9. The van der Waals surface area contributed by atoms with E-state index in [2.05, 4.69) is 10.9 Å². The van der Waals surface area contributed by atoms with E-state index in [0.29, 0.717) is 13.0 Å². The first-order valence-corrected chi connectivity index (χ1v) is 6.89. The van der Waals surface area contributed by atoms with E-state index in [4.69, 9.17) is 10.4 Å². The summed E-state index contributed by atoms with van der Waals surface area (Å²) >= 11 is 0. The van der Waals surface area contributed by atoms with Gasteiger partial charge in [-0.2, -0.15) is 8.42 Å². The second kappa shape index (κ2) is 16.6. The van der Waals surface area contributed by atoms with Crippen LogP contribution in [0.2, 0.25) is 0 Å². The average molecular weight is 278 g/mol. The molecule has 0 bridgehead atoms. The quantitative estimate of drug-likeness (QED) is 0.230. The molecule has 0 aromatic carbocycles. The van der Waals surface area contributed by atoms with Gasteiger partial charge in [0.05, 0.1) is 5.75 Å². The van der Waals surface area contributed by atoms with Gasteiger partial charge in [-0.1, -0.05) is 19.4 Å². The number of hydrogen-bond donors (Lipinski definition) is 2. The molecule has 0 saturated carbocycles. The molecule has 17 heavy (non-hydrogen) atoms. The summed E-state index contributed by atoms with van der Waals surface area (Å²) in [4.78, 5) is 0. The molecule has 2 N–H and O–H groups in total. The number of aliphatic hydroxyl groups is 1. The van der Waals surface area contributed by atoms with Crippen molar-refractivity contribution < 1.29 is 23.1 Å². The van der Waals surface area contributed by atoms with Crippen LogP contribution in [-0.4, -0.2) is 60.7 Å². The molecule has 0 rings (SSSR count). The fraction of sp³-hybridized carbons (Fsp3) is 0.800. The van der Waals surface area contributed by atoms with Crippen LogP contribution in [0.15, 0.2) is 12.7 Å². The van der Waals surface area contributed by atoms with E-state index in [9.17, 15) is 8.42 Å². The molecule has 0 saturated heterocycles. The summed E-state index contributed by atoms with van der Waals surface area (Å²) in [5.74, 6) is -0.135. The summed E-state index contributed by atoms with van der Waals surface area (Å²) in [5, 5.41) is 16.0. The molecule has 0 aromatic heterocycles. The molecule has 0 heterocycles. The Morgan fingerprint density at radius 1 is 1.29 bits per heavy atom. The fourth-order valence-electron chi connectivity index (χ4n) is 0.865. The van der Waals surface area contributed by atoms with Gasteiger partial charge < -0.3 is 5.11 Å². The number of rotatable bonds is 8. The van der Waals surface area contributed by atoms with Gasteiger partial charge in [-0.05, 0) is 25.7 Å². The van der Waals surface area contributed by atoms with Crippen molar-refractivity contribution in [3.8, 4) is 0 Å². The standard InChI is InChI=1S/C7H14O.C3H8O4S.Na.H/c1-2-3-4-5-6-7-8;1-2-3-8(5,6)7-4;;/h2,8H,1,3-7H2;4H,2-3H2,1H3;;. The van der Waals surface area contributed by atoms with Crippen LogP contribution < -0.4 is 0 Å². The third-order valence-corrected chi connectivity index (χ3v) is 2.77. The number of allylic oxidation sites excluding steroid dienone is 1. The van der Waals surface area contributed by atoms with Crippen molar-refractivity contribution in [3.05, 3.63) is 12.7 Å². The number of hydrogen-bond acceptors (Lipinski definition) is 5. The molecule has 0 aliphatic rings. The number of unbranched alkanes of at least 4 members (excludes halogenated alkanes) is 3. The predicted octanol–water partition coefficient (Wildman–Crippen LogP) is 1.29. The maximum absolute atomic E-state index is 10.1. The molecule has 0 aromatic rings. The Morgan fingerprint density at radius 3 is 2.18 bits per heavy atom. The van der Waals surface area contributed by atoms with Crippen molar-refractivity contribution in [1.29, 1.82) is 0 Å². The van der Waals surface area contributed by atoms with Crippen LogP contribution in [0.5, 0.6) is 0 Å². The van der Waals surface area contributed by atoms with E-state index in [1.807, 2.05) is 6.08 Å². The van der Waals surface area contributed by atoms with E-state index < -0.39 is 10.1 Å². The van der Waals surface area contributed by atoms with Gasteiger partial charge in [-0.15, -0.1) is 10.9 Å². The SMILES string of the molecule is C=CCCCCCO.CCCS(=O)(=O)OO.[NaH]. The van der Waals surface area contributed by atoms with Gasteiger partial charge >= 0.3 is 29.6 Å². The molecule has 0 amide bonds. The van der Waals surface area contributed by atoms with Crippen LogP contribution in [0.25, 0.3) is 0 Å². The van der Waals surface area contributed by atoms with Crippen molar-refractivity contribution in [2.45, 2.75) is 39.0 Å². The Hall–Kier alpha value is 0.570. The molecule has 5 nitrogen and oxygen atoms in total. The second-order valence-electron chi connectivity index (χ2n) is 3.20. The van der Waals surface area contributed by atoms with Crippen LogP contribution in [0, 0.1) is 0 Å². The van der Waals surface area contributed by atoms with Crippen molar-refractivity contribution in [1.82, 2.24) is 0 Å². The van der Waals surface area contributed by atoms with Gasteiger partial charge in [-0.25, -0.2) is 5.26 Å². The van der Waals surface area contributed by atoms with Crippen LogP contribution in [0.4, 0.5) is 0 Å². The topological polar surface area (TPSA) is 83.8 Å². The van der Waals surface area contributed by atoms with E-state index in [0.717, 1.165) is 19.3 Å². The van der Waals surface area contributed by atoms with Crippen molar-refractivity contribution >= 4 is 39.7 Å². The third kappa shape index (κ3) is 22.3. The predicted molar refractivity (Wildman–Crippen MR) is 70.7 cm³/mol. The van der Waals surface area contributed by atoms with Crippen LogP contribution >= 0.6 is 0 Å². The number of aliphatic hydroxyl groups excluding tert-OH is 1. The van der Waals surface area contributed by atoms with Gasteiger partial charge in [0.1, 0.15) is 0 Å². The Labute approximate surface area is 126 Å². The first-order chi connectivity index (χ1) is 7.54. The molecule has 0 unspecified atom stereocenters. The molecule has 0 aliphatic heterocycles. The normalized spacial score (nSPS) is 9.82. The minimum absolute atomic E-state index is 0. The van der Waals surface area contributed by atoms with E-state index in [-0.39, 0.29) is 35.3 Å². The van der Waals surface area contributed by atoms with Crippen LogP contribution in [-0.2, 0) is 14.5 Å². The van der Waals surface area contributed by atoms with Crippen LogP contribution in [0.3, 0.4) is 0 Å². The first kappa shape index (κ1) is 22.7. The average Bonchev–Trinajstić information content (AvgIpc) is 2.26. The molecule has 100 valence electrons. The van der Waals surface area contributed by atoms with E-state index in [1.165, 1.54) is 6.42 Å². The molecule has 0 radical (unpaired) electrons. The molecule has 0 aliphatic carbocycles. The third-order valence-electron chi connectivity index (χ3n) is 1.63. The van der Waals surface area contributed by atoms with Gasteiger partial charge in [0.15, 0.2) is 0 Å². The van der Waals surface area contributed by atoms with Crippen molar-refractivity contribution in [2.24, 2.45) is 0 Å². The van der Waals surface area contributed by atoms with Crippen molar-refractivity contribution in [2.75, 3.05) is 12.4 Å². The maximum atomic E-state index is 10.1. The Kier molecular flexibility index (Phi) is 22.1. The van der Waals surface area contributed by atoms with Gasteiger partial charge in [0.2, 0.25) is 0 Å². The zero-order valence-electron chi connectivity index (χ0n) is 9.76. The first-order valence-electron chi connectivity index (χ1n) is 5.31. The minimum atomic E-state index is -3.61. The van der Waals surface area contributed by atoms with Crippen molar-refractivity contribution in [3.63, 3.8) is 0 Å². The van der Waals surface area contributed by atoms with E-state index in [1.54, 1.807) is 6.92 Å². The Balaban J connectivity index is -0.000000218. The molecule has 0 atom stereocenters. The Morgan fingerprint density at radius 2 is 1.88 bits per heavy atom.